The fraction of sp³-hybridized carbons (Fsp3) is 0.600. The molecule has 0 unspecified atom stereocenters. The number of benzene rings is 1. The number of hydrogen-bond donors (Lipinski definition) is 2. The van der Waals surface area contributed by atoms with E-state index in [-0.39, 0.29) is 0 Å². The Morgan fingerprint density at radius 3 is 2.27 bits per heavy atom. The van der Waals surface area contributed by atoms with Crippen molar-refractivity contribution in [2.75, 3.05) is 49.5 Å². The lowest BCUT2D eigenvalue weighted by atomic mass is 10.1. The van der Waals surface area contributed by atoms with E-state index in [9.17, 15) is 9.59 Å². The van der Waals surface area contributed by atoms with Crippen LogP contribution in [0.5, 0.6) is 0 Å². The quantitative estimate of drug-likeness (QED) is 0.552. The minimum atomic E-state index is -0.612. The van der Waals surface area contributed by atoms with Gasteiger partial charge in [0, 0.05) is 31.0 Å². The van der Waals surface area contributed by atoms with Crippen LogP contribution in [0.15, 0.2) is 24.3 Å². The van der Waals surface area contributed by atoms with Gasteiger partial charge >= 0.3 is 11.8 Å². The summed E-state index contributed by atoms with van der Waals surface area (Å²) in [7, 11) is 0. The molecule has 0 bridgehead atoms. The number of hydrogen-bond acceptors (Lipinski definition) is 4. The first-order valence-corrected chi connectivity index (χ1v) is 9.80. The van der Waals surface area contributed by atoms with Gasteiger partial charge in [0.25, 0.3) is 0 Å². The molecule has 144 valence electrons. The monoisotopic (exact) mass is 360 g/mol. The second-order valence-corrected chi connectivity index (χ2v) is 6.69. The van der Waals surface area contributed by atoms with Gasteiger partial charge in [-0.1, -0.05) is 13.8 Å². The Labute approximate surface area is 156 Å². The highest BCUT2D eigenvalue weighted by molar-refractivity contribution is 6.39. The van der Waals surface area contributed by atoms with Crippen molar-refractivity contribution in [3.63, 3.8) is 0 Å². The van der Waals surface area contributed by atoms with Gasteiger partial charge in [0.05, 0.1) is 0 Å². The molecule has 1 aliphatic heterocycles. The standard InChI is InChI=1S/C20H32N4O2/c1-3-23(4-2)14-8-13-21-19(25)20(26)22-17-9-11-18(12-10-17)24-15-6-5-7-16-24/h9-12H,3-8,13-16H2,1-2H3,(H,21,25)(H,22,26). The number of carbonyl (C=O) groups excluding carboxylic acids is 2. The second-order valence-electron chi connectivity index (χ2n) is 6.69. The normalized spacial score (nSPS) is 14.3. The van der Waals surface area contributed by atoms with Gasteiger partial charge in [-0.25, -0.2) is 0 Å². The molecular formula is C20H32N4O2. The average Bonchev–Trinajstić information content (AvgIpc) is 2.69. The van der Waals surface area contributed by atoms with Gasteiger partial charge in [0.15, 0.2) is 0 Å². The maximum atomic E-state index is 12.0. The number of nitrogens with zero attached hydrogens (tertiary/aromatic N) is 2. The molecule has 0 aliphatic carbocycles. The van der Waals surface area contributed by atoms with Crippen molar-refractivity contribution in [1.29, 1.82) is 0 Å². The van der Waals surface area contributed by atoms with Crippen LogP contribution in [-0.2, 0) is 9.59 Å². The number of amides is 2. The molecule has 2 amide bonds. The summed E-state index contributed by atoms with van der Waals surface area (Å²) in [5.41, 5.74) is 1.82. The maximum Gasteiger partial charge on any atom is 0.313 e. The molecule has 0 radical (unpaired) electrons. The molecule has 1 aromatic carbocycles. The number of carbonyl (C=O) groups is 2. The highest BCUT2D eigenvalue weighted by Crippen LogP contribution is 2.21. The summed E-state index contributed by atoms with van der Waals surface area (Å²) in [4.78, 5) is 28.5. The van der Waals surface area contributed by atoms with Crippen LogP contribution in [0.3, 0.4) is 0 Å². The van der Waals surface area contributed by atoms with E-state index in [2.05, 4.69) is 34.3 Å². The van der Waals surface area contributed by atoms with Crippen molar-refractivity contribution < 1.29 is 9.59 Å². The van der Waals surface area contributed by atoms with Gasteiger partial charge in [-0.2, -0.15) is 0 Å². The Bertz CT molecular complexity index is 564. The van der Waals surface area contributed by atoms with Crippen molar-refractivity contribution >= 4 is 23.2 Å². The SMILES string of the molecule is CCN(CC)CCCNC(=O)C(=O)Nc1ccc(N2CCCCC2)cc1. The topological polar surface area (TPSA) is 64.7 Å². The van der Waals surface area contributed by atoms with Gasteiger partial charge in [-0.3, -0.25) is 9.59 Å². The van der Waals surface area contributed by atoms with Crippen LogP contribution < -0.4 is 15.5 Å². The van der Waals surface area contributed by atoms with Gasteiger partial charge in [-0.05, 0) is 69.6 Å². The van der Waals surface area contributed by atoms with E-state index >= 15 is 0 Å². The molecule has 0 atom stereocenters. The van der Waals surface area contributed by atoms with Gasteiger partial charge < -0.3 is 20.4 Å². The van der Waals surface area contributed by atoms with Gasteiger partial charge in [0.1, 0.15) is 0 Å². The number of piperidine rings is 1. The molecule has 1 fully saturated rings. The number of nitrogens with one attached hydrogen (secondary N) is 2. The molecule has 6 nitrogen and oxygen atoms in total. The third-order valence-corrected chi connectivity index (χ3v) is 4.88. The lowest BCUT2D eigenvalue weighted by molar-refractivity contribution is -0.136. The highest BCUT2D eigenvalue weighted by atomic mass is 16.2. The van der Waals surface area contributed by atoms with Crippen LogP contribution >= 0.6 is 0 Å². The van der Waals surface area contributed by atoms with Crippen LogP contribution in [0.1, 0.15) is 39.5 Å². The van der Waals surface area contributed by atoms with Gasteiger partial charge in [-0.15, -0.1) is 0 Å². The van der Waals surface area contributed by atoms with E-state index in [1.165, 1.54) is 24.9 Å². The smallest absolute Gasteiger partial charge is 0.313 e. The molecule has 2 rings (SSSR count). The molecule has 0 saturated carbocycles. The first-order valence-electron chi connectivity index (χ1n) is 9.80. The van der Waals surface area contributed by atoms with E-state index in [1.807, 2.05) is 24.3 Å². The summed E-state index contributed by atoms with van der Waals surface area (Å²) in [6, 6.07) is 7.72. The lowest BCUT2D eigenvalue weighted by Gasteiger charge is -2.28. The first kappa shape index (κ1) is 20.2. The van der Waals surface area contributed by atoms with Crippen molar-refractivity contribution in [3.05, 3.63) is 24.3 Å². The molecule has 0 spiro atoms. The summed E-state index contributed by atoms with van der Waals surface area (Å²) in [6.07, 6.45) is 4.60. The van der Waals surface area contributed by atoms with E-state index in [0.29, 0.717) is 12.2 Å². The van der Waals surface area contributed by atoms with E-state index < -0.39 is 11.8 Å². The molecule has 6 heteroatoms. The van der Waals surface area contributed by atoms with E-state index in [4.69, 9.17) is 0 Å². The summed E-state index contributed by atoms with van der Waals surface area (Å²) in [5.74, 6) is -1.19. The molecular weight excluding hydrogens is 328 g/mol. The molecule has 26 heavy (non-hydrogen) atoms. The Hall–Kier alpha value is -2.08. The molecule has 2 N–H and O–H groups in total. The van der Waals surface area contributed by atoms with Crippen molar-refractivity contribution in [2.24, 2.45) is 0 Å². The van der Waals surface area contributed by atoms with E-state index in [1.54, 1.807) is 0 Å². The van der Waals surface area contributed by atoms with Crippen molar-refractivity contribution in [1.82, 2.24) is 10.2 Å². The largest absolute Gasteiger partial charge is 0.372 e. The minimum absolute atomic E-state index is 0.511. The zero-order chi connectivity index (χ0) is 18.8. The zero-order valence-corrected chi connectivity index (χ0v) is 16.1. The maximum absolute atomic E-state index is 12.0. The summed E-state index contributed by atoms with van der Waals surface area (Å²) in [6.45, 7) is 9.83. The van der Waals surface area contributed by atoms with Crippen LogP contribution in [0.2, 0.25) is 0 Å². The molecule has 1 heterocycles. The molecule has 1 saturated heterocycles. The molecule has 0 aromatic heterocycles. The Balaban J connectivity index is 1.73. The summed E-state index contributed by atoms with van der Waals surface area (Å²) in [5, 5.41) is 5.35. The predicted octanol–water partition coefficient (Wildman–Crippen LogP) is 2.46. The number of anilines is 2. The van der Waals surface area contributed by atoms with Crippen LogP contribution in [0, 0.1) is 0 Å². The van der Waals surface area contributed by atoms with Crippen molar-refractivity contribution in [2.45, 2.75) is 39.5 Å². The number of rotatable bonds is 8. The first-order chi connectivity index (χ1) is 12.6. The third kappa shape index (κ3) is 6.33. The fourth-order valence-electron chi connectivity index (χ4n) is 3.22. The molecule has 1 aliphatic rings. The lowest BCUT2D eigenvalue weighted by Crippen LogP contribution is -2.37. The highest BCUT2D eigenvalue weighted by Gasteiger charge is 2.14. The molecule has 1 aromatic rings. The second kappa shape index (κ2) is 10.8. The Morgan fingerprint density at radius 2 is 1.65 bits per heavy atom. The fourth-order valence-corrected chi connectivity index (χ4v) is 3.22. The van der Waals surface area contributed by atoms with Crippen LogP contribution in [0.4, 0.5) is 11.4 Å². The van der Waals surface area contributed by atoms with Gasteiger partial charge in [0.2, 0.25) is 0 Å². The van der Waals surface area contributed by atoms with Crippen molar-refractivity contribution in [3.8, 4) is 0 Å². The predicted molar refractivity (Wildman–Crippen MR) is 107 cm³/mol. The summed E-state index contributed by atoms with van der Waals surface area (Å²) >= 11 is 0. The van der Waals surface area contributed by atoms with E-state index in [0.717, 1.165) is 39.1 Å². The van der Waals surface area contributed by atoms with Crippen LogP contribution in [-0.4, -0.2) is 56.0 Å². The third-order valence-electron chi connectivity index (χ3n) is 4.88. The zero-order valence-electron chi connectivity index (χ0n) is 16.1. The Morgan fingerprint density at radius 1 is 1.00 bits per heavy atom. The van der Waals surface area contributed by atoms with Crippen LogP contribution in [0.25, 0.3) is 0 Å². The Kier molecular flexibility index (Phi) is 8.41. The average molecular weight is 361 g/mol. The summed E-state index contributed by atoms with van der Waals surface area (Å²) < 4.78 is 0. The minimum Gasteiger partial charge on any atom is -0.372 e.